The van der Waals surface area contributed by atoms with Gasteiger partial charge in [-0.25, -0.2) is 9.79 Å². The van der Waals surface area contributed by atoms with Crippen LogP contribution in [-0.2, 0) is 14.2 Å². The molecule has 10 heteroatoms. The van der Waals surface area contributed by atoms with Crippen LogP contribution in [0, 0.1) is 0 Å². The minimum Gasteiger partial charge on any atom is -0.475 e. The van der Waals surface area contributed by atoms with Crippen LogP contribution in [0.4, 0.5) is 4.79 Å². The van der Waals surface area contributed by atoms with E-state index < -0.39 is 38.9 Å². The van der Waals surface area contributed by atoms with E-state index in [1.54, 1.807) is 41.5 Å². The van der Waals surface area contributed by atoms with Crippen molar-refractivity contribution in [2.24, 2.45) is 4.99 Å². The van der Waals surface area contributed by atoms with Gasteiger partial charge >= 0.3 is 6.09 Å². The number of amides is 1. The number of hydrogen-bond acceptors (Lipinski definition) is 6. The first-order chi connectivity index (χ1) is 11.6. The number of carbonyl (C=O) groups is 1. The SMILES string of the molecule is CC(C)(C)OC(=O)N1[C@@H]([C@H](O)[C@]2(C)COC(C(Cl)(Cl)Cl)=N2)COC1(C)C. The fraction of sp³-hybridized carbons (Fsp3) is 0.875. The number of aliphatic hydroxyl groups is 1. The zero-order chi connectivity index (χ0) is 20.1. The molecule has 1 fully saturated rings. The first-order valence-electron chi connectivity index (χ1n) is 8.21. The monoisotopic (exact) mass is 430 g/mol. The molecule has 1 saturated heterocycles. The Morgan fingerprint density at radius 1 is 1.35 bits per heavy atom. The lowest BCUT2D eigenvalue weighted by Gasteiger charge is -2.39. The second-order valence-corrected chi connectivity index (χ2v) is 10.5. The summed E-state index contributed by atoms with van der Waals surface area (Å²) < 4.78 is 14.7. The molecule has 1 amide bonds. The third kappa shape index (κ3) is 4.50. The van der Waals surface area contributed by atoms with Crippen molar-refractivity contribution in [1.29, 1.82) is 0 Å². The summed E-state index contributed by atoms with van der Waals surface area (Å²) in [6.07, 6.45) is -1.71. The molecule has 0 aromatic carbocycles. The van der Waals surface area contributed by atoms with Gasteiger partial charge in [0.2, 0.25) is 5.90 Å². The van der Waals surface area contributed by atoms with Crippen molar-refractivity contribution in [3.8, 4) is 0 Å². The molecule has 7 nitrogen and oxygen atoms in total. The number of alkyl halides is 3. The number of ether oxygens (including phenoxy) is 3. The van der Waals surface area contributed by atoms with E-state index in [9.17, 15) is 9.90 Å². The lowest BCUT2D eigenvalue weighted by Crippen LogP contribution is -2.58. The van der Waals surface area contributed by atoms with E-state index in [1.807, 2.05) is 0 Å². The molecule has 0 bridgehead atoms. The first kappa shape index (κ1) is 21.8. The summed E-state index contributed by atoms with van der Waals surface area (Å²) in [5, 5.41) is 11.0. The predicted molar refractivity (Wildman–Crippen MR) is 100.0 cm³/mol. The van der Waals surface area contributed by atoms with Gasteiger partial charge in [-0.1, -0.05) is 34.8 Å². The zero-order valence-electron chi connectivity index (χ0n) is 15.7. The highest BCUT2D eigenvalue weighted by Gasteiger charge is 2.55. The molecule has 0 aliphatic carbocycles. The highest BCUT2D eigenvalue weighted by molar-refractivity contribution is 6.76. The summed E-state index contributed by atoms with van der Waals surface area (Å²) >= 11 is 17.4. The quantitative estimate of drug-likeness (QED) is 0.679. The number of halogens is 3. The molecule has 0 aromatic rings. The van der Waals surface area contributed by atoms with Crippen molar-refractivity contribution < 1.29 is 24.1 Å². The predicted octanol–water partition coefficient (Wildman–Crippen LogP) is 3.28. The van der Waals surface area contributed by atoms with Gasteiger partial charge in [0.05, 0.1) is 12.6 Å². The molecular weight excluding hydrogens is 407 g/mol. The second-order valence-electron chi connectivity index (χ2n) is 8.18. The summed E-state index contributed by atoms with van der Waals surface area (Å²) in [6, 6.07) is -0.702. The van der Waals surface area contributed by atoms with Gasteiger partial charge in [0, 0.05) is 0 Å². The Kier molecular flexibility index (Phi) is 5.75. The summed E-state index contributed by atoms with van der Waals surface area (Å²) in [7, 11) is 0. The maximum absolute atomic E-state index is 12.7. The average Bonchev–Trinajstić information content (AvgIpc) is 2.97. The Morgan fingerprint density at radius 3 is 2.38 bits per heavy atom. The van der Waals surface area contributed by atoms with Gasteiger partial charge in [-0.15, -0.1) is 0 Å². The molecule has 2 heterocycles. The van der Waals surface area contributed by atoms with Crippen molar-refractivity contribution >= 4 is 46.8 Å². The lowest BCUT2D eigenvalue weighted by atomic mass is 9.90. The molecule has 0 radical (unpaired) electrons. The van der Waals surface area contributed by atoms with Gasteiger partial charge < -0.3 is 19.3 Å². The van der Waals surface area contributed by atoms with E-state index in [-0.39, 0.29) is 19.1 Å². The zero-order valence-corrected chi connectivity index (χ0v) is 17.9. The average molecular weight is 432 g/mol. The normalized spacial score (nSPS) is 30.0. The maximum Gasteiger partial charge on any atom is 0.412 e. The third-order valence-corrected chi connectivity index (χ3v) is 4.70. The van der Waals surface area contributed by atoms with E-state index in [2.05, 4.69) is 4.99 Å². The molecule has 2 rings (SSSR count). The van der Waals surface area contributed by atoms with Gasteiger partial charge in [0.1, 0.15) is 29.6 Å². The van der Waals surface area contributed by atoms with E-state index in [0.29, 0.717) is 0 Å². The van der Waals surface area contributed by atoms with Crippen molar-refractivity contribution in [1.82, 2.24) is 4.90 Å². The van der Waals surface area contributed by atoms with Crippen LogP contribution >= 0.6 is 34.8 Å². The molecule has 0 saturated carbocycles. The first-order valence-corrected chi connectivity index (χ1v) is 9.34. The van der Waals surface area contributed by atoms with Crippen LogP contribution in [0.3, 0.4) is 0 Å². The van der Waals surface area contributed by atoms with Gasteiger partial charge in [0.25, 0.3) is 3.79 Å². The van der Waals surface area contributed by atoms with Crippen molar-refractivity contribution in [2.45, 2.75) is 74.3 Å². The number of carbonyl (C=O) groups excluding carboxylic acids is 1. The topological polar surface area (TPSA) is 80.6 Å². The number of nitrogens with zero attached hydrogens (tertiary/aromatic N) is 2. The maximum atomic E-state index is 12.7. The van der Waals surface area contributed by atoms with Gasteiger partial charge in [-0.05, 0) is 41.5 Å². The minimum atomic E-state index is -1.83. The Labute approximate surface area is 168 Å². The summed E-state index contributed by atoms with van der Waals surface area (Å²) in [5.74, 6) is -0.0916. The van der Waals surface area contributed by atoms with Crippen LogP contribution in [0.5, 0.6) is 0 Å². The molecule has 1 N–H and O–H groups in total. The van der Waals surface area contributed by atoms with Crippen molar-refractivity contribution in [2.75, 3.05) is 13.2 Å². The summed E-state index contributed by atoms with van der Waals surface area (Å²) in [4.78, 5) is 18.4. The second kappa shape index (κ2) is 6.85. The number of aliphatic hydroxyl groups excluding tert-OH is 1. The van der Waals surface area contributed by atoms with E-state index in [0.717, 1.165) is 0 Å². The van der Waals surface area contributed by atoms with Gasteiger partial charge in [-0.2, -0.15) is 0 Å². The van der Waals surface area contributed by atoms with Gasteiger partial charge in [0.15, 0.2) is 0 Å². The largest absolute Gasteiger partial charge is 0.475 e. The number of rotatable bonds is 2. The summed E-state index contributed by atoms with van der Waals surface area (Å²) in [5.41, 5.74) is -2.74. The molecule has 0 aromatic heterocycles. The van der Waals surface area contributed by atoms with E-state index >= 15 is 0 Å². The lowest BCUT2D eigenvalue weighted by molar-refractivity contribution is -0.0718. The molecule has 0 unspecified atom stereocenters. The Balaban J connectivity index is 2.28. The molecule has 2 aliphatic heterocycles. The minimum absolute atomic E-state index is 0.0104. The van der Waals surface area contributed by atoms with Gasteiger partial charge in [-0.3, -0.25) is 4.90 Å². The molecule has 3 atom stereocenters. The number of hydrogen-bond donors (Lipinski definition) is 1. The van der Waals surface area contributed by atoms with Crippen LogP contribution in [-0.4, -0.2) is 68.0 Å². The van der Waals surface area contributed by atoms with Crippen LogP contribution < -0.4 is 0 Å². The van der Waals surface area contributed by atoms with Crippen molar-refractivity contribution in [3.63, 3.8) is 0 Å². The van der Waals surface area contributed by atoms with Crippen LogP contribution in [0.2, 0.25) is 0 Å². The van der Waals surface area contributed by atoms with Crippen LogP contribution in [0.25, 0.3) is 0 Å². The third-order valence-electron chi connectivity index (χ3n) is 4.21. The fourth-order valence-electron chi connectivity index (χ4n) is 2.95. The Hall–Kier alpha value is -0.470. The van der Waals surface area contributed by atoms with Crippen LogP contribution in [0.1, 0.15) is 41.5 Å². The highest BCUT2D eigenvalue weighted by atomic mass is 35.6. The fourth-order valence-corrected chi connectivity index (χ4v) is 3.24. The molecule has 150 valence electrons. The number of aliphatic imine (C=N–C) groups is 1. The van der Waals surface area contributed by atoms with E-state index in [1.165, 1.54) is 4.90 Å². The summed E-state index contributed by atoms with van der Waals surface area (Å²) in [6.45, 7) is 10.6. The standard InChI is InChI=1S/C16H25Cl3N2O5/c1-13(2,3)26-12(23)21-9(7-25-14(21,4)5)10(22)15(6)8-24-11(20-15)16(17,18)19/h9-10,22H,7-8H2,1-6H3/t9-,10+,15+/m1/s1. The van der Waals surface area contributed by atoms with Crippen LogP contribution in [0.15, 0.2) is 4.99 Å². The Bertz CT molecular complexity index is 600. The molecular formula is C16H25Cl3N2O5. The molecule has 26 heavy (non-hydrogen) atoms. The highest BCUT2D eigenvalue weighted by Crippen LogP contribution is 2.39. The van der Waals surface area contributed by atoms with Crippen molar-refractivity contribution in [3.05, 3.63) is 0 Å². The smallest absolute Gasteiger partial charge is 0.412 e. The Morgan fingerprint density at radius 2 is 1.92 bits per heavy atom. The van der Waals surface area contributed by atoms with E-state index in [4.69, 9.17) is 49.0 Å². The molecule has 2 aliphatic rings. The molecule has 0 spiro atoms.